The third-order valence-electron chi connectivity index (χ3n) is 1.65. The number of hydrogen-bond donors (Lipinski definition) is 0. The molecule has 2 heterocycles. The normalized spacial score (nSPS) is 20.0. The first kappa shape index (κ1) is 15.4. The predicted octanol–water partition coefficient (Wildman–Crippen LogP) is 2.04. The minimum Gasteiger partial charge on any atom is -0.381 e. The van der Waals surface area contributed by atoms with Gasteiger partial charge in [0.25, 0.3) is 0 Å². The van der Waals surface area contributed by atoms with Crippen molar-refractivity contribution in [2.45, 2.75) is 25.7 Å². The zero-order valence-corrected chi connectivity index (χ0v) is 12.1. The van der Waals surface area contributed by atoms with Gasteiger partial charge in [0.15, 0.2) is 0 Å². The second-order valence-corrected chi connectivity index (χ2v) is 2.64. The van der Waals surface area contributed by atoms with Crippen molar-refractivity contribution >= 4 is 0 Å². The molecule has 2 nitrogen and oxygen atoms in total. The Balaban J connectivity index is 0. The summed E-state index contributed by atoms with van der Waals surface area (Å²) in [5.41, 5.74) is 0. The van der Waals surface area contributed by atoms with Gasteiger partial charge < -0.3 is 16.9 Å². The Kier molecular flexibility index (Phi) is 15.4. The average molecular weight is 397 g/mol. The standard InChI is InChI=1S/2C4H8O.CH3.U/c2*1-2-4-5-3-1;;/h2*1-4H2;1H3;/q;;-1;. The van der Waals surface area contributed by atoms with E-state index in [0.29, 0.717) is 0 Å². The maximum atomic E-state index is 4.94. The van der Waals surface area contributed by atoms with Crippen molar-refractivity contribution in [3.05, 3.63) is 7.43 Å². The topological polar surface area (TPSA) is 18.5 Å². The van der Waals surface area contributed by atoms with Gasteiger partial charge in [0, 0.05) is 57.5 Å². The van der Waals surface area contributed by atoms with Crippen molar-refractivity contribution in [3.8, 4) is 0 Å². The molecule has 0 bridgehead atoms. The first-order chi connectivity index (χ1) is 5.00. The van der Waals surface area contributed by atoms with Crippen LogP contribution in [0.3, 0.4) is 0 Å². The molecule has 0 aliphatic carbocycles. The SMILES string of the molecule is C1CCOC1.C1CCOC1.[CH3-].[U]. The van der Waals surface area contributed by atoms with Gasteiger partial charge in [-0.3, -0.25) is 0 Å². The Labute approximate surface area is 99.8 Å². The van der Waals surface area contributed by atoms with Crippen LogP contribution in [0.2, 0.25) is 0 Å². The van der Waals surface area contributed by atoms with Crippen molar-refractivity contribution in [2.24, 2.45) is 0 Å². The quantitative estimate of drug-likeness (QED) is 0.583. The molecule has 0 amide bonds. The minimum absolute atomic E-state index is 0. The van der Waals surface area contributed by atoms with Gasteiger partial charge in [-0.1, -0.05) is 0 Å². The number of hydrogen-bond acceptors (Lipinski definition) is 2. The van der Waals surface area contributed by atoms with Crippen molar-refractivity contribution in [1.82, 2.24) is 0 Å². The van der Waals surface area contributed by atoms with Gasteiger partial charge in [0.2, 0.25) is 0 Å². The second-order valence-electron chi connectivity index (χ2n) is 2.64. The largest absolute Gasteiger partial charge is 0.381 e. The van der Waals surface area contributed by atoms with E-state index in [1.54, 1.807) is 0 Å². The molecular formula is C9H19O2U-. The van der Waals surface area contributed by atoms with Gasteiger partial charge in [-0.15, -0.1) is 0 Å². The Bertz CT molecular complexity index is 45.7. The zero-order valence-electron chi connectivity index (χ0n) is 7.97. The van der Waals surface area contributed by atoms with E-state index in [1.165, 1.54) is 25.7 Å². The van der Waals surface area contributed by atoms with Crippen molar-refractivity contribution in [3.63, 3.8) is 0 Å². The zero-order chi connectivity index (χ0) is 7.07. The van der Waals surface area contributed by atoms with Gasteiger partial charge in [0.05, 0.1) is 0 Å². The van der Waals surface area contributed by atoms with E-state index in [1.807, 2.05) is 0 Å². The molecule has 0 N–H and O–H groups in total. The average Bonchev–Trinajstić information content (AvgIpc) is 2.67. The summed E-state index contributed by atoms with van der Waals surface area (Å²) in [7, 11) is 0. The van der Waals surface area contributed by atoms with Crippen LogP contribution in [-0.4, -0.2) is 26.4 Å². The Morgan fingerprint density at radius 3 is 0.917 bits per heavy atom. The molecule has 2 saturated heterocycles. The molecule has 0 aromatic heterocycles. The fourth-order valence-electron chi connectivity index (χ4n) is 1.02. The van der Waals surface area contributed by atoms with E-state index in [-0.39, 0.29) is 38.5 Å². The fraction of sp³-hybridized carbons (Fsp3) is 0.889. The Morgan fingerprint density at radius 1 is 0.583 bits per heavy atom. The molecule has 72 valence electrons. The molecule has 0 saturated carbocycles. The van der Waals surface area contributed by atoms with Crippen molar-refractivity contribution in [1.29, 1.82) is 0 Å². The molecule has 2 rings (SSSR count). The predicted molar refractivity (Wildman–Crippen MR) is 46.5 cm³/mol. The molecule has 2 aliphatic rings. The Morgan fingerprint density at radius 2 is 0.833 bits per heavy atom. The van der Waals surface area contributed by atoms with Crippen LogP contribution in [0, 0.1) is 38.5 Å². The first-order valence-corrected chi connectivity index (χ1v) is 4.15. The third-order valence-corrected chi connectivity index (χ3v) is 1.65. The molecular weight excluding hydrogens is 378 g/mol. The van der Waals surface area contributed by atoms with Crippen molar-refractivity contribution < 1.29 is 40.6 Å². The van der Waals surface area contributed by atoms with E-state index in [9.17, 15) is 0 Å². The van der Waals surface area contributed by atoms with E-state index in [2.05, 4.69) is 0 Å². The number of ether oxygens (including phenoxy) is 2. The first-order valence-electron chi connectivity index (χ1n) is 4.15. The van der Waals surface area contributed by atoms with Gasteiger partial charge in [-0.05, 0) is 25.7 Å². The summed E-state index contributed by atoms with van der Waals surface area (Å²) in [6.07, 6.45) is 5.11. The van der Waals surface area contributed by atoms with E-state index < -0.39 is 0 Å². The summed E-state index contributed by atoms with van der Waals surface area (Å²) < 4.78 is 9.89. The smallest absolute Gasteiger partial charge is 0.0466 e. The van der Waals surface area contributed by atoms with Gasteiger partial charge in [-0.2, -0.15) is 0 Å². The van der Waals surface area contributed by atoms with Crippen LogP contribution in [0.1, 0.15) is 25.7 Å². The van der Waals surface area contributed by atoms with Gasteiger partial charge >= 0.3 is 0 Å². The number of rotatable bonds is 0. The molecule has 0 aromatic carbocycles. The molecule has 0 atom stereocenters. The summed E-state index contributed by atoms with van der Waals surface area (Å²) in [5.74, 6) is 0. The summed E-state index contributed by atoms with van der Waals surface area (Å²) in [6, 6.07) is 0. The van der Waals surface area contributed by atoms with E-state index in [4.69, 9.17) is 9.47 Å². The van der Waals surface area contributed by atoms with Crippen LogP contribution in [-0.2, 0) is 9.47 Å². The van der Waals surface area contributed by atoms with Crippen LogP contribution in [0.5, 0.6) is 0 Å². The molecule has 0 spiro atoms. The maximum absolute atomic E-state index is 4.94. The van der Waals surface area contributed by atoms with Crippen LogP contribution in [0.25, 0.3) is 0 Å². The monoisotopic (exact) mass is 397 g/mol. The van der Waals surface area contributed by atoms with Crippen LogP contribution in [0.4, 0.5) is 0 Å². The van der Waals surface area contributed by atoms with E-state index >= 15 is 0 Å². The maximum Gasteiger partial charge on any atom is 0.0466 e. The van der Waals surface area contributed by atoms with Crippen molar-refractivity contribution in [2.75, 3.05) is 26.4 Å². The molecule has 12 heavy (non-hydrogen) atoms. The summed E-state index contributed by atoms with van der Waals surface area (Å²) in [4.78, 5) is 0. The molecule has 2 fully saturated rings. The molecule has 0 unspecified atom stereocenters. The van der Waals surface area contributed by atoms with Crippen LogP contribution in [0.15, 0.2) is 0 Å². The summed E-state index contributed by atoms with van der Waals surface area (Å²) in [6.45, 7) is 4.00. The summed E-state index contributed by atoms with van der Waals surface area (Å²) in [5, 5.41) is 0. The third kappa shape index (κ3) is 9.06. The van der Waals surface area contributed by atoms with Crippen LogP contribution < -0.4 is 0 Å². The molecule has 0 radical (unpaired) electrons. The van der Waals surface area contributed by atoms with Gasteiger partial charge in [0.1, 0.15) is 0 Å². The Hall–Kier alpha value is 0.972. The molecule has 2 aliphatic heterocycles. The minimum atomic E-state index is 0. The summed E-state index contributed by atoms with van der Waals surface area (Å²) >= 11 is 0. The molecule has 3 heteroatoms. The fourth-order valence-corrected chi connectivity index (χ4v) is 1.02. The molecule has 0 aromatic rings. The van der Waals surface area contributed by atoms with Gasteiger partial charge in [-0.25, -0.2) is 0 Å². The van der Waals surface area contributed by atoms with Crippen LogP contribution >= 0.6 is 0 Å². The van der Waals surface area contributed by atoms with E-state index in [0.717, 1.165) is 26.4 Å². The second kappa shape index (κ2) is 12.0.